The number of esters is 1. The highest BCUT2D eigenvalue weighted by atomic mass is 16.5. The molecule has 9 nitrogen and oxygen atoms in total. The van der Waals surface area contributed by atoms with Gasteiger partial charge in [0.2, 0.25) is 5.91 Å². The number of amides is 4. The molecule has 0 aromatic rings. The molecule has 4 amide bonds. The molecule has 1 aliphatic carbocycles. The summed E-state index contributed by atoms with van der Waals surface area (Å²) >= 11 is 0. The summed E-state index contributed by atoms with van der Waals surface area (Å²) < 4.78 is 5.06. The van der Waals surface area contributed by atoms with Gasteiger partial charge in [-0.15, -0.1) is 0 Å². The molecule has 0 bridgehead atoms. The van der Waals surface area contributed by atoms with Crippen molar-refractivity contribution < 1.29 is 23.9 Å². The first kappa shape index (κ1) is 20.6. The lowest BCUT2D eigenvalue weighted by Gasteiger charge is -2.31. The van der Waals surface area contributed by atoms with Crippen LogP contribution in [0.3, 0.4) is 0 Å². The maximum atomic E-state index is 12.7. The summed E-state index contributed by atoms with van der Waals surface area (Å²) in [6.07, 6.45) is 5.73. The number of nitrogens with one attached hydrogen (secondary N) is 2. The highest BCUT2D eigenvalue weighted by Crippen LogP contribution is 2.33. The van der Waals surface area contributed by atoms with Gasteiger partial charge in [0.25, 0.3) is 5.91 Å². The minimum Gasteiger partial charge on any atom is -0.466 e. The fourth-order valence-corrected chi connectivity index (χ4v) is 4.31. The fourth-order valence-electron chi connectivity index (χ4n) is 4.31. The van der Waals surface area contributed by atoms with Gasteiger partial charge in [0.15, 0.2) is 0 Å². The Kier molecular flexibility index (Phi) is 6.53. The number of piperidine rings is 1. The van der Waals surface area contributed by atoms with Crippen LogP contribution in [-0.4, -0.2) is 65.5 Å². The third-order valence-corrected chi connectivity index (χ3v) is 5.97. The van der Waals surface area contributed by atoms with Crippen LogP contribution < -0.4 is 10.7 Å². The van der Waals surface area contributed by atoms with E-state index >= 15 is 0 Å². The molecule has 1 saturated carbocycles. The Morgan fingerprint density at radius 1 is 1.18 bits per heavy atom. The number of urea groups is 1. The molecule has 0 radical (unpaired) electrons. The van der Waals surface area contributed by atoms with Crippen LogP contribution in [0.1, 0.15) is 58.3 Å². The molecule has 2 N–H and O–H groups in total. The van der Waals surface area contributed by atoms with Gasteiger partial charge >= 0.3 is 12.0 Å². The predicted molar refractivity (Wildman–Crippen MR) is 99.8 cm³/mol. The van der Waals surface area contributed by atoms with Crippen LogP contribution >= 0.6 is 0 Å². The average Bonchev–Trinajstić information content (AvgIpc) is 2.91. The lowest BCUT2D eigenvalue weighted by atomic mass is 9.82. The molecule has 28 heavy (non-hydrogen) atoms. The number of imide groups is 1. The van der Waals surface area contributed by atoms with Crippen LogP contribution in [0, 0.1) is 5.92 Å². The van der Waals surface area contributed by atoms with E-state index in [0.717, 1.165) is 50.2 Å². The van der Waals surface area contributed by atoms with Crippen molar-refractivity contribution in [2.45, 2.75) is 63.8 Å². The molecule has 0 unspecified atom stereocenters. The predicted octanol–water partition coefficient (Wildman–Crippen LogP) is 0.938. The number of hydrazine groups is 1. The monoisotopic (exact) mass is 394 g/mol. The molecule has 0 atom stereocenters. The van der Waals surface area contributed by atoms with Crippen LogP contribution in [0.5, 0.6) is 0 Å². The number of rotatable bonds is 6. The Labute approximate surface area is 165 Å². The molecule has 1 spiro atoms. The van der Waals surface area contributed by atoms with Crippen LogP contribution in [0.15, 0.2) is 0 Å². The topological polar surface area (TPSA) is 108 Å². The SMILES string of the molecule is CCOC(=O)C1CCN(CCC(=O)NN2C(=O)NC3(CCCCC3)C2=O)CC1. The number of nitrogens with zero attached hydrogens (tertiary/aromatic N) is 2. The van der Waals surface area contributed by atoms with E-state index in [-0.39, 0.29) is 30.1 Å². The quantitative estimate of drug-likeness (QED) is 0.513. The zero-order valence-corrected chi connectivity index (χ0v) is 16.5. The van der Waals surface area contributed by atoms with Crippen molar-refractivity contribution >= 4 is 23.8 Å². The molecular formula is C19H30N4O5. The molecule has 3 fully saturated rings. The van der Waals surface area contributed by atoms with E-state index in [4.69, 9.17) is 4.74 Å². The van der Waals surface area contributed by atoms with E-state index in [1.54, 1.807) is 6.92 Å². The first-order valence-corrected chi connectivity index (χ1v) is 10.3. The lowest BCUT2D eigenvalue weighted by Crippen LogP contribution is -2.51. The first-order valence-electron chi connectivity index (χ1n) is 10.3. The summed E-state index contributed by atoms with van der Waals surface area (Å²) in [5.41, 5.74) is 1.63. The smallest absolute Gasteiger partial charge is 0.344 e. The maximum Gasteiger partial charge on any atom is 0.344 e. The van der Waals surface area contributed by atoms with E-state index < -0.39 is 11.6 Å². The highest BCUT2D eigenvalue weighted by Gasteiger charge is 2.52. The van der Waals surface area contributed by atoms with Crippen LogP contribution in [-0.2, 0) is 19.1 Å². The molecule has 2 heterocycles. The van der Waals surface area contributed by atoms with Gasteiger partial charge < -0.3 is 15.0 Å². The molecule has 3 rings (SSSR count). The minimum absolute atomic E-state index is 0.0670. The summed E-state index contributed by atoms with van der Waals surface area (Å²) in [6, 6.07) is -0.546. The third kappa shape index (κ3) is 4.45. The number of carbonyl (C=O) groups is 4. The number of likely N-dealkylation sites (tertiary alicyclic amines) is 1. The largest absolute Gasteiger partial charge is 0.466 e. The molecule has 3 aliphatic rings. The number of hydrogen-bond acceptors (Lipinski definition) is 6. The summed E-state index contributed by atoms with van der Waals surface area (Å²) in [7, 11) is 0. The number of ether oxygens (including phenoxy) is 1. The van der Waals surface area contributed by atoms with Gasteiger partial charge in [-0.25, -0.2) is 4.79 Å². The van der Waals surface area contributed by atoms with Crippen LogP contribution in [0.4, 0.5) is 4.79 Å². The van der Waals surface area contributed by atoms with Crippen LogP contribution in [0.2, 0.25) is 0 Å². The second-order valence-corrected chi connectivity index (χ2v) is 7.87. The van der Waals surface area contributed by atoms with Crippen molar-refractivity contribution in [3.05, 3.63) is 0 Å². The van der Waals surface area contributed by atoms with Gasteiger partial charge in [0.05, 0.1) is 12.5 Å². The zero-order chi connectivity index (χ0) is 20.1. The molecule has 2 saturated heterocycles. The third-order valence-electron chi connectivity index (χ3n) is 5.97. The highest BCUT2D eigenvalue weighted by molar-refractivity contribution is 6.08. The van der Waals surface area contributed by atoms with Crippen molar-refractivity contribution in [3.8, 4) is 0 Å². The Bertz CT molecular complexity index is 624. The molecule has 2 aliphatic heterocycles. The Balaban J connectivity index is 1.42. The normalized spacial score (nSPS) is 23.0. The van der Waals surface area contributed by atoms with Gasteiger partial charge in [0, 0.05) is 13.0 Å². The maximum absolute atomic E-state index is 12.7. The van der Waals surface area contributed by atoms with Crippen molar-refractivity contribution in [2.75, 3.05) is 26.2 Å². The Morgan fingerprint density at radius 2 is 1.86 bits per heavy atom. The number of carbonyl (C=O) groups excluding carboxylic acids is 4. The second kappa shape index (κ2) is 8.89. The van der Waals surface area contributed by atoms with E-state index in [0.29, 0.717) is 26.0 Å². The van der Waals surface area contributed by atoms with Crippen molar-refractivity contribution in [1.82, 2.24) is 20.7 Å². The Morgan fingerprint density at radius 3 is 2.50 bits per heavy atom. The lowest BCUT2D eigenvalue weighted by molar-refractivity contribution is -0.149. The van der Waals surface area contributed by atoms with E-state index in [9.17, 15) is 19.2 Å². The van der Waals surface area contributed by atoms with E-state index in [1.165, 1.54) is 0 Å². The molecule has 9 heteroatoms. The molecular weight excluding hydrogens is 364 g/mol. The first-order chi connectivity index (χ1) is 13.4. The van der Waals surface area contributed by atoms with Crippen molar-refractivity contribution in [2.24, 2.45) is 5.92 Å². The summed E-state index contributed by atoms with van der Waals surface area (Å²) in [6.45, 7) is 4.17. The van der Waals surface area contributed by atoms with E-state index in [2.05, 4.69) is 15.6 Å². The van der Waals surface area contributed by atoms with Gasteiger partial charge in [-0.1, -0.05) is 19.3 Å². The molecule has 0 aromatic carbocycles. The summed E-state index contributed by atoms with van der Waals surface area (Å²) in [5, 5.41) is 3.62. The van der Waals surface area contributed by atoms with Crippen molar-refractivity contribution in [1.29, 1.82) is 0 Å². The van der Waals surface area contributed by atoms with Gasteiger partial charge in [-0.05, 0) is 45.7 Å². The zero-order valence-electron chi connectivity index (χ0n) is 16.5. The van der Waals surface area contributed by atoms with Crippen LogP contribution in [0.25, 0.3) is 0 Å². The van der Waals surface area contributed by atoms with Gasteiger partial charge in [-0.3, -0.25) is 19.8 Å². The number of hydrogen-bond donors (Lipinski definition) is 2. The second-order valence-electron chi connectivity index (χ2n) is 7.87. The molecule has 156 valence electrons. The molecule has 0 aromatic heterocycles. The van der Waals surface area contributed by atoms with Gasteiger partial charge in [-0.2, -0.15) is 5.01 Å². The van der Waals surface area contributed by atoms with E-state index in [1.807, 2.05) is 0 Å². The van der Waals surface area contributed by atoms with Crippen molar-refractivity contribution in [3.63, 3.8) is 0 Å². The summed E-state index contributed by atoms with van der Waals surface area (Å²) in [5.74, 6) is -0.914. The minimum atomic E-state index is -0.836. The standard InChI is InChI=1S/C19H30N4O5/c1-2-28-16(25)14-6-11-22(12-7-14)13-8-15(24)21-23-17(26)19(20-18(23)27)9-4-3-5-10-19/h14H,2-13H2,1H3,(H,20,27)(H,21,24). The Hall–Kier alpha value is -2.16. The fraction of sp³-hybridized carbons (Fsp3) is 0.789. The van der Waals surface area contributed by atoms with Gasteiger partial charge in [0.1, 0.15) is 5.54 Å². The summed E-state index contributed by atoms with van der Waals surface area (Å²) in [4.78, 5) is 51.0. The average molecular weight is 394 g/mol.